The minimum Gasteiger partial charge on any atom is -0.497 e. The third-order valence-corrected chi connectivity index (χ3v) is 3.35. The third kappa shape index (κ3) is 3.77. The van der Waals surface area contributed by atoms with Gasteiger partial charge >= 0.3 is 5.97 Å². The smallest absolute Gasteiger partial charge is 0.330 e. The van der Waals surface area contributed by atoms with Crippen molar-refractivity contribution < 1.29 is 14.3 Å². The number of hydrogen-bond acceptors (Lipinski definition) is 5. The molecule has 0 spiro atoms. The molecule has 0 amide bonds. The molecular formula is C14H16N2O3S. The molecule has 2 rings (SSSR count). The Balaban J connectivity index is 1.95. The van der Waals surface area contributed by atoms with Crippen LogP contribution >= 0.6 is 11.8 Å². The topological polar surface area (TPSA) is 64.2 Å². The van der Waals surface area contributed by atoms with Crippen LogP contribution in [0.5, 0.6) is 5.75 Å². The lowest BCUT2D eigenvalue weighted by atomic mass is 10.3. The molecule has 1 aromatic heterocycles. The molecule has 0 aliphatic rings. The second-order valence-electron chi connectivity index (χ2n) is 3.89. The van der Waals surface area contributed by atoms with Crippen LogP contribution in [-0.4, -0.2) is 35.4 Å². The number of nitrogens with zero attached hydrogens (tertiary/aromatic N) is 1. The molecule has 0 bridgehead atoms. The van der Waals surface area contributed by atoms with E-state index in [9.17, 15) is 4.79 Å². The Kier molecular flexibility index (Phi) is 5.06. The Morgan fingerprint density at radius 3 is 3.10 bits per heavy atom. The number of fused-ring (bicyclic) bond motifs is 1. The average molecular weight is 292 g/mol. The van der Waals surface area contributed by atoms with E-state index in [1.807, 2.05) is 18.2 Å². The fourth-order valence-electron chi connectivity index (χ4n) is 1.62. The van der Waals surface area contributed by atoms with Crippen LogP contribution in [0.15, 0.2) is 35.5 Å². The summed E-state index contributed by atoms with van der Waals surface area (Å²) in [5, 5.41) is 0.807. The van der Waals surface area contributed by atoms with E-state index in [4.69, 9.17) is 9.47 Å². The molecule has 0 radical (unpaired) electrons. The molecule has 0 fully saturated rings. The first-order valence-corrected chi connectivity index (χ1v) is 7.21. The van der Waals surface area contributed by atoms with Gasteiger partial charge in [-0.15, -0.1) is 0 Å². The van der Waals surface area contributed by atoms with Gasteiger partial charge in [-0.2, -0.15) is 0 Å². The van der Waals surface area contributed by atoms with Crippen molar-refractivity contribution in [3.05, 3.63) is 30.4 Å². The Morgan fingerprint density at radius 2 is 2.35 bits per heavy atom. The number of nitrogens with one attached hydrogen (secondary N) is 1. The van der Waals surface area contributed by atoms with E-state index in [0.717, 1.165) is 21.9 Å². The summed E-state index contributed by atoms with van der Waals surface area (Å²) in [6.07, 6.45) is 3.19. The van der Waals surface area contributed by atoms with E-state index < -0.39 is 0 Å². The maximum Gasteiger partial charge on any atom is 0.330 e. The summed E-state index contributed by atoms with van der Waals surface area (Å²) in [5.74, 6) is 1.12. The standard InChI is InChI=1S/C14H16N2O3S/c1-3-19-13(17)5-4-8-20-14-15-11-7-6-10(18-2)9-12(11)16-14/h4-7,9H,3,8H2,1-2H3,(H,15,16)/b5-4+. The molecule has 20 heavy (non-hydrogen) atoms. The molecule has 1 heterocycles. The van der Waals surface area contributed by atoms with Gasteiger partial charge in [0.25, 0.3) is 0 Å². The predicted octanol–water partition coefficient (Wildman–Crippen LogP) is 2.78. The summed E-state index contributed by atoms with van der Waals surface area (Å²) in [6.45, 7) is 2.17. The SMILES string of the molecule is CCOC(=O)/C=C/CSc1nc2ccc(OC)cc2[nH]1. The maximum absolute atomic E-state index is 11.1. The van der Waals surface area contributed by atoms with Gasteiger partial charge in [-0.25, -0.2) is 9.78 Å². The first-order chi connectivity index (χ1) is 9.72. The maximum atomic E-state index is 11.1. The number of thioether (sulfide) groups is 1. The van der Waals surface area contributed by atoms with Crippen molar-refractivity contribution in [1.29, 1.82) is 0 Å². The number of aromatic nitrogens is 2. The van der Waals surface area contributed by atoms with E-state index in [-0.39, 0.29) is 5.97 Å². The molecule has 0 saturated heterocycles. The zero-order chi connectivity index (χ0) is 14.4. The average Bonchev–Trinajstić information content (AvgIpc) is 2.85. The third-order valence-electron chi connectivity index (χ3n) is 2.52. The Labute approximate surface area is 121 Å². The zero-order valence-corrected chi connectivity index (χ0v) is 12.2. The molecule has 6 heteroatoms. The van der Waals surface area contributed by atoms with Gasteiger partial charge in [0.15, 0.2) is 5.16 Å². The number of hydrogen-bond donors (Lipinski definition) is 1. The first kappa shape index (κ1) is 14.5. The number of H-pyrrole nitrogens is 1. The molecule has 2 aromatic rings. The summed E-state index contributed by atoms with van der Waals surface area (Å²) in [7, 11) is 1.63. The van der Waals surface area contributed by atoms with Crippen molar-refractivity contribution in [1.82, 2.24) is 9.97 Å². The van der Waals surface area contributed by atoms with Crippen LogP contribution in [0.4, 0.5) is 0 Å². The Bertz CT molecular complexity index is 622. The molecule has 0 aliphatic heterocycles. The lowest BCUT2D eigenvalue weighted by Crippen LogP contribution is -1.98. The second kappa shape index (κ2) is 7.00. The summed E-state index contributed by atoms with van der Waals surface area (Å²) < 4.78 is 9.96. The monoisotopic (exact) mass is 292 g/mol. The first-order valence-electron chi connectivity index (χ1n) is 6.22. The normalized spacial score (nSPS) is 11.1. The summed E-state index contributed by atoms with van der Waals surface area (Å²) in [4.78, 5) is 18.8. The summed E-state index contributed by atoms with van der Waals surface area (Å²) >= 11 is 1.52. The van der Waals surface area contributed by atoms with Crippen LogP contribution in [-0.2, 0) is 9.53 Å². The van der Waals surface area contributed by atoms with E-state index in [2.05, 4.69) is 9.97 Å². The molecule has 1 N–H and O–H groups in total. The number of carbonyl (C=O) groups excluding carboxylic acids is 1. The van der Waals surface area contributed by atoms with Gasteiger partial charge in [0.05, 0.1) is 24.8 Å². The molecule has 0 atom stereocenters. The molecule has 0 unspecified atom stereocenters. The van der Waals surface area contributed by atoms with E-state index in [1.165, 1.54) is 17.8 Å². The highest BCUT2D eigenvalue weighted by molar-refractivity contribution is 7.99. The highest BCUT2D eigenvalue weighted by atomic mass is 32.2. The largest absolute Gasteiger partial charge is 0.497 e. The summed E-state index contributed by atoms with van der Waals surface area (Å²) in [5.41, 5.74) is 1.82. The van der Waals surface area contributed by atoms with Crippen LogP contribution < -0.4 is 4.74 Å². The van der Waals surface area contributed by atoms with Gasteiger partial charge in [-0.3, -0.25) is 0 Å². The molecule has 1 aromatic carbocycles. The van der Waals surface area contributed by atoms with Gasteiger partial charge in [-0.05, 0) is 19.1 Å². The minimum absolute atomic E-state index is 0.317. The number of esters is 1. The number of benzene rings is 1. The number of rotatable bonds is 6. The Morgan fingerprint density at radius 1 is 1.50 bits per heavy atom. The number of carbonyl (C=O) groups is 1. The van der Waals surface area contributed by atoms with Crippen molar-refractivity contribution in [2.24, 2.45) is 0 Å². The van der Waals surface area contributed by atoms with Gasteiger partial charge in [0, 0.05) is 17.9 Å². The van der Waals surface area contributed by atoms with Gasteiger partial charge in [0.1, 0.15) is 5.75 Å². The fraction of sp³-hybridized carbons (Fsp3) is 0.286. The number of imidazole rings is 1. The molecule has 0 saturated carbocycles. The quantitative estimate of drug-likeness (QED) is 0.504. The van der Waals surface area contributed by atoms with E-state index >= 15 is 0 Å². The van der Waals surface area contributed by atoms with E-state index in [1.54, 1.807) is 20.1 Å². The highest BCUT2D eigenvalue weighted by Gasteiger charge is 2.03. The fourth-order valence-corrected chi connectivity index (χ4v) is 2.32. The second-order valence-corrected chi connectivity index (χ2v) is 4.90. The molecular weight excluding hydrogens is 276 g/mol. The number of aromatic amines is 1. The number of methoxy groups -OCH3 is 1. The van der Waals surface area contributed by atoms with Crippen LogP contribution in [0.2, 0.25) is 0 Å². The van der Waals surface area contributed by atoms with Gasteiger partial charge in [0.2, 0.25) is 0 Å². The Hall–Kier alpha value is -1.95. The molecule has 0 aliphatic carbocycles. The lowest BCUT2D eigenvalue weighted by molar-refractivity contribution is -0.137. The van der Waals surface area contributed by atoms with Gasteiger partial charge in [-0.1, -0.05) is 17.8 Å². The van der Waals surface area contributed by atoms with Crippen molar-refractivity contribution in [3.63, 3.8) is 0 Å². The lowest BCUT2D eigenvalue weighted by Gasteiger charge is -1.96. The zero-order valence-electron chi connectivity index (χ0n) is 11.4. The van der Waals surface area contributed by atoms with E-state index in [0.29, 0.717) is 12.4 Å². The minimum atomic E-state index is -0.317. The van der Waals surface area contributed by atoms with Crippen molar-refractivity contribution in [2.75, 3.05) is 19.5 Å². The van der Waals surface area contributed by atoms with Crippen molar-refractivity contribution in [2.45, 2.75) is 12.1 Å². The van der Waals surface area contributed by atoms with Gasteiger partial charge < -0.3 is 14.5 Å². The highest BCUT2D eigenvalue weighted by Crippen LogP contribution is 2.23. The van der Waals surface area contributed by atoms with Crippen LogP contribution in [0.3, 0.4) is 0 Å². The molecule has 106 valence electrons. The van der Waals surface area contributed by atoms with Crippen molar-refractivity contribution in [3.8, 4) is 5.75 Å². The number of ether oxygens (including phenoxy) is 2. The van der Waals surface area contributed by atoms with Crippen LogP contribution in [0.1, 0.15) is 6.92 Å². The summed E-state index contributed by atoms with van der Waals surface area (Å²) in [6, 6.07) is 5.68. The van der Waals surface area contributed by atoms with Crippen LogP contribution in [0, 0.1) is 0 Å². The van der Waals surface area contributed by atoms with Crippen molar-refractivity contribution >= 4 is 28.8 Å². The predicted molar refractivity (Wildman–Crippen MR) is 79.1 cm³/mol. The molecule has 5 nitrogen and oxygen atoms in total. The van der Waals surface area contributed by atoms with Crippen LogP contribution in [0.25, 0.3) is 11.0 Å².